The Morgan fingerprint density at radius 1 is 1.23 bits per heavy atom. The number of benzene rings is 1. The molecule has 1 N–H and O–H groups in total. The largest absolute Gasteiger partial charge is 0.465 e. The van der Waals surface area contributed by atoms with Gasteiger partial charge in [0.05, 0.1) is 19.2 Å². The van der Waals surface area contributed by atoms with Crippen molar-refractivity contribution >= 4 is 11.6 Å². The lowest BCUT2D eigenvalue weighted by atomic mass is 10.0. The molecule has 0 amide bonds. The number of ether oxygens (including phenoxy) is 1. The molecule has 7 nitrogen and oxygen atoms in total. The molecule has 0 spiro atoms. The molecule has 0 bridgehead atoms. The summed E-state index contributed by atoms with van der Waals surface area (Å²) in [6.45, 7) is -0.193. The minimum atomic E-state index is -4.54. The molecule has 26 heavy (non-hydrogen) atoms. The molecule has 0 fully saturated rings. The standard InChI is InChI=1S/C16H14F3N5O2/c1-26-15(25)11-6-4-10(5-7-11)14(16(17,18)19)20-9-13-23-22-12-3-2-8-21-24(12)13/h2-8,14,20H,9H2,1H3. The van der Waals surface area contributed by atoms with Gasteiger partial charge in [-0.1, -0.05) is 12.1 Å². The van der Waals surface area contributed by atoms with Crippen molar-refractivity contribution in [3.63, 3.8) is 0 Å². The van der Waals surface area contributed by atoms with Gasteiger partial charge in [-0.25, -0.2) is 4.79 Å². The van der Waals surface area contributed by atoms with Crippen LogP contribution in [0.15, 0.2) is 42.6 Å². The Bertz CT molecular complexity index is 908. The topological polar surface area (TPSA) is 81.4 Å². The zero-order chi connectivity index (χ0) is 18.7. The maximum Gasteiger partial charge on any atom is 0.407 e. The van der Waals surface area contributed by atoms with Gasteiger partial charge in [0.15, 0.2) is 11.5 Å². The van der Waals surface area contributed by atoms with Crippen LogP contribution in [0.2, 0.25) is 0 Å². The summed E-state index contributed by atoms with van der Waals surface area (Å²) in [5.41, 5.74) is 0.576. The zero-order valence-electron chi connectivity index (χ0n) is 13.6. The minimum absolute atomic E-state index is 0.0352. The van der Waals surface area contributed by atoms with Crippen LogP contribution >= 0.6 is 0 Å². The maximum atomic E-state index is 13.5. The highest BCUT2D eigenvalue weighted by Gasteiger charge is 2.40. The molecule has 10 heteroatoms. The first-order chi connectivity index (χ1) is 12.4. The van der Waals surface area contributed by atoms with E-state index in [0.29, 0.717) is 5.65 Å². The van der Waals surface area contributed by atoms with E-state index in [1.165, 1.54) is 42.1 Å². The van der Waals surface area contributed by atoms with Crippen LogP contribution in [0.4, 0.5) is 13.2 Å². The number of halogens is 3. The molecular weight excluding hydrogens is 351 g/mol. The number of alkyl halides is 3. The molecular formula is C16H14F3N5O2. The van der Waals surface area contributed by atoms with Gasteiger partial charge in [0.25, 0.3) is 0 Å². The van der Waals surface area contributed by atoms with Crippen molar-refractivity contribution in [1.29, 1.82) is 0 Å². The van der Waals surface area contributed by atoms with Gasteiger partial charge in [0.2, 0.25) is 0 Å². The molecule has 0 aliphatic rings. The maximum absolute atomic E-state index is 13.5. The summed E-state index contributed by atoms with van der Waals surface area (Å²) >= 11 is 0. The molecule has 0 aliphatic carbocycles. The van der Waals surface area contributed by atoms with Crippen molar-refractivity contribution in [3.05, 3.63) is 59.5 Å². The second-order valence-electron chi connectivity index (χ2n) is 5.38. The molecule has 2 heterocycles. The predicted octanol–water partition coefficient (Wildman–Crippen LogP) is 2.30. The van der Waals surface area contributed by atoms with E-state index in [2.05, 4.69) is 25.3 Å². The first-order valence-corrected chi connectivity index (χ1v) is 7.54. The third kappa shape index (κ3) is 3.64. The lowest BCUT2D eigenvalue weighted by Crippen LogP contribution is -2.34. The lowest BCUT2D eigenvalue weighted by Gasteiger charge is -2.22. The number of esters is 1. The van der Waals surface area contributed by atoms with Crippen molar-refractivity contribution < 1.29 is 22.7 Å². The fourth-order valence-electron chi connectivity index (χ4n) is 2.45. The third-order valence-corrected chi connectivity index (χ3v) is 3.70. The molecule has 1 atom stereocenters. The van der Waals surface area contributed by atoms with Crippen molar-refractivity contribution in [2.75, 3.05) is 7.11 Å². The quantitative estimate of drug-likeness (QED) is 0.699. The average Bonchev–Trinajstić information content (AvgIpc) is 3.04. The van der Waals surface area contributed by atoms with Gasteiger partial charge in [-0.15, -0.1) is 10.2 Å². The van der Waals surface area contributed by atoms with Crippen LogP contribution in [-0.2, 0) is 11.3 Å². The molecule has 2 aromatic heterocycles. The van der Waals surface area contributed by atoms with Crippen LogP contribution in [0, 0.1) is 0 Å². The van der Waals surface area contributed by atoms with Crippen LogP contribution in [0.1, 0.15) is 27.8 Å². The molecule has 3 rings (SSSR count). The van der Waals surface area contributed by atoms with Crippen LogP contribution < -0.4 is 5.32 Å². The second-order valence-corrected chi connectivity index (χ2v) is 5.38. The number of carbonyl (C=O) groups is 1. The van der Waals surface area contributed by atoms with E-state index >= 15 is 0 Å². The number of nitrogens with zero attached hydrogens (tertiary/aromatic N) is 4. The summed E-state index contributed by atoms with van der Waals surface area (Å²) in [5.74, 6) is -0.366. The molecule has 0 saturated heterocycles. The summed E-state index contributed by atoms with van der Waals surface area (Å²) in [5, 5.41) is 14.1. The number of hydrogen-bond acceptors (Lipinski definition) is 6. The van der Waals surface area contributed by atoms with E-state index < -0.39 is 18.2 Å². The normalized spacial score (nSPS) is 12.9. The predicted molar refractivity (Wildman–Crippen MR) is 84.2 cm³/mol. The SMILES string of the molecule is COC(=O)c1ccc(C(NCc2nnc3cccnn23)C(F)(F)F)cc1. The summed E-state index contributed by atoms with van der Waals surface area (Å²) in [4.78, 5) is 11.4. The van der Waals surface area contributed by atoms with Gasteiger partial charge < -0.3 is 4.74 Å². The van der Waals surface area contributed by atoms with Crippen molar-refractivity contribution in [2.45, 2.75) is 18.8 Å². The Morgan fingerprint density at radius 3 is 2.62 bits per heavy atom. The van der Waals surface area contributed by atoms with Crippen LogP contribution in [0.3, 0.4) is 0 Å². The average molecular weight is 365 g/mol. The van der Waals surface area contributed by atoms with Crippen molar-refractivity contribution in [1.82, 2.24) is 25.1 Å². The van der Waals surface area contributed by atoms with E-state index in [9.17, 15) is 18.0 Å². The monoisotopic (exact) mass is 365 g/mol. The summed E-state index contributed by atoms with van der Waals surface area (Å²) in [7, 11) is 1.20. The number of rotatable bonds is 5. The summed E-state index contributed by atoms with van der Waals surface area (Å²) in [6, 6.07) is 6.41. The van der Waals surface area contributed by atoms with Gasteiger partial charge in [-0.05, 0) is 29.8 Å². The molecule has 0 radical (unpaired) electrons. The zero-order valence-corrected chi connectivity index (χ0v) is 13.6. The number of methoxy groups -OCH3 is 1. The first-order valence-electron chi connectivity index (χ1n) is 7.54. The lowest BCUT2D eigenvalue weighted by molar-refractivity contribution is -0.158. The van der Waals surface area contributed by atoms with E-state index in [4.69, 9.17) is 0 Å². The number of carbonyl (C=O) groups excluding carboxylic acids is 1. The summed E-state index contributed by atoms with van der Waals surface area (Å²) in [6.07, 6.45) is -3.05. The van der Waals surface area contributed by atoms with Gasteiger partial charge in [0, 0.05) is 6.20 Å². The highest BCUT2D eigenvalue weighted by Crippen LogP contribution is 2.33. The third-order valence-electron chi connectivity index (χ3n) is 3.70. The molecule has 1 aromatic carbocycles. The minimum Gasteiger partial charge on any atom is -0.465 e. The number of hydrogen-bond donors (Lipinski definition) is 1. The van der Waals surface area contributed by atoms with E-state index in [1.807, 2.05) is 0 Å². The van der Waals surface area contributed by atoms with Crippen molar-refractivity contribution in [2.24, 2.45) is 0 Å². The van der Waals surface area contributed by atoms with E-state index in [-0.39, 0.29) is 23.5 Å². The molecule has 0 aliphatic heterocycles. The van der Waals surface area contributed by atoms with E-state index in [1.54, 1.807) is 12.1 Å². The first kappa shape index (κ1) is 17.8. The van der Waals surface area contributed by atoms with Gasteiger partial charge in [-0.3, -0.25) is 5.32 Å². The van der Waals surface area contributed by atoms with Crippen LogP contribution in [0.5, 0.6) is 0 Å². The van der Waals surface area contributed by atoms with Crippen LogP contribution in [-0.4, -0.2) is 39.1 Å². The Labute approximate surface area is 145 Å². The molecule has 1 unspecified atom stereocenters. The Hall–Kier alpha value is -3.01. The fraction of sp³-hybridized carbons (Fsp3) is 0.250. The highest BCUT2D eigenvalue weighted by molar-refractivity contribution is 5.89. The molecule has 0 saturated carbocycles. The van der Waals surface area contributed by atoms with Gasteiger partial charge in [-0.2, -0.15) is 22.8 Å². The molecule has 3 aromatic rings. The van der Waals surface area contributed by atoms with Gasteiger partial charge in [0.1, 0.15) is 6.04 Å². The van der Waals surface area contributed by atoms with Gasteiger partial charge >= 0.3 is 12.1 Å². The summed E-state index contributed by atoms with van der Waals surface area (Å²) < 4.78 is 46.3. The Balaban J connectivity index is 1.82. The van der Waals surface area contributed by atoms with Crippen LogP contribution in [0.25, 0.3) is 5.65 Å². The molecule has 136 valence electrons. The number of aromatic nitrogens is 4. The second kappa shape index (κ2) is 7.08. The number of fused-ring (bicyclic) bond motifs is 1. The van der Waals surface area contributed by atoms with E-state index in [0.717, 1.165) is 0 Å². The highest BCUT2D eigenvalue weighted by atomic mass is 19.4. The number of nitrogens with one attached hydrogen (secondary N) is 1. The smallest absolute Gasteiger partial charge is 0.407 e. The fourth-order valence-corrected chi connectivity index (χ4v) is 2.45. The van der Waals surface area contributed by atoms with Crippen molar-refractivity contribution in [3.8, 4) is 0 Å². The Kier molecular flexibility index (Phi) is 4.85. The Morgan fingerprint density at radius 2 is 1.96 bits per heavy atom.